The molecule has 0 bridgehead atoms. The third kappa shape index (κ3) is 8.92. The molecule has 0 aromatic heterocycles. The Balaban J connectivity index is 0. The van der Waals surface area contributed by atoms with E-state index < -0.39 is 0 Å². The third-order valence-corrected chi connectivity index (χ3v) is 3.46. The van der Waals surface area contributed by atoms with E-state index in [0.29, 0.717) is 11.7 Å². The van der Waals surface area contributed by atoms with Gasteiger partial charge < -0.3 is 10.2 Å². The number of urea groups is 1. The molecule has 0 atom stereocenters. The molecule has 0 radical (unpaired) electrons. The molecule has 0 unspecified atom stereocenters. The van der Waals surface area contributed by atoms with Gasteiger partial charge in [0, 0.05) is 24.8 Å². The summed E-state index contributed by atoms with van der Waals surface area (Å²) >= 11 is 0. The Labute approximate surface area is 150 Å². The zero-order chi connectivity index (χ0) is 19.0. The molecular weight excluding hydrogens is 298 g/mol. The standard InChI is InChI=1S/C16H27N3O.2C2H6/c1-5-9-14(8-4)17-16(20)19-12-15(13-19)18(10-6-2)11-7-3;2*1-2/h5,8-9,15H,1,4,6-7,10-13H2,2-3H3,(H,17,20);2*1-2H3/b14-9+;;. The fourth-order valence-electron chi connectivity index (χ4n) is 2.39. The predicted octanol–water partition coefficient (Wildman–Crippen LogP) is 4.81. The maximum Gasteiger partial charge on any atom is 0.321 e. The van der Waals surface area contributed by atoms with Gasteiger partial charge in [0.15, 0.2) is 0 Å². The lowest BCUT2D eigenvalue weighted by molar-refractivity contribution is 0.0575. The molecule has 140 valence electrons. The topological polar surface area (TPSA) is 35.6 Å². The van der Waals surface area contributed by atoms with Crippen molar-refractivity contribution in [3.63, 3.8) is 0 Å². The number of carbonyl (C=O) groups excluding carboxylic acids is 1. The van der Waals surface area contributed by atoms with Crippen LogP contribution in [0.15, 0.2) is 37.1 Å². The van der Waals surface area contributed by atoms with Crippen LogP contribution in [0.25, 0.3) is 0 Å². The highest BCUT2D eigenvalue weighted by Gasteiger charge is 2.34. The van der Waals surface area contributed by atoms with Crippen molar-refractivity contribution in [1.82, 2.24) is 15.1 Å². The molecule has 4 heteroatoms. The Kier molecular flexibility index (Phi) is 16.8. The van der Waals surface area contributed by atoms with Crippen LogP contribution in [0.3, 0.4) is 0 Å². The number of allylic oxidation sites excluding steroid dienone is 3. The Hall–Kier alpha value is -1.55. The van der Waals surface area contributed by atoms with Gasteiger partial charge in [-0.3, -0.25) is 4.90 Å². The Bertz CT molecular complexity index is 365. The minimum atomic E-state index is -0.0535. The van der Waals surface area contributed by atoms with Crippen molar-refractivity contribution in [1.29, 1.82) is 0 Å². The van der Waals surface area contributed by atoms with Crippen molar-refractivity contribution < 1.29 is 4.79 Å². The number of rotatable bonds is 8. The van der Waals surface area contributed by atoms with Gasteiger partial charge in [-0.05, 0) is 38.1 Å². The highest BCUT2D eigenvalue weighted by atomic mass is 16.2. The van der Waals surface area contributed by atoms with Gasteiger partial charge in [-0.1, -0.05) is 60.8 Å². The molecule has 24 heavy (non-hydrogen) atoms. The molecule has 1 rings (SSSR count). The number of amides is 2. The van der Waals surface area contributed by atoms with Gasteiger partial charge in [0.05, 0.1) is 0 Å². The first-order chi connectivity index (χ1) is 11.7. The highest BCUT2D eigenvalue weighted by molar-refractivity contribution is 5.77. The number of carbonyl (C=O) groups is 1. The normalized spacial score (nSPS) is 13.8. The molecule has 1 heterocycles. The zero-order valence-electron chi connectivity index (χ0n) is 16.8. The second kappa shape index (κ2) is 16.3. The summed E-state index contributed by atoms with van der Waals surface area (Å²) in [6.45, 7) is 23.5. The molecule has 0 aliphatic carbocycles. The van der Waals surface area contributed by atoms with Crippen molar-refractivity contribution in [2.45, 2.75) is 60.4 Å². The van der Waals surface area contributed by atoms with E-state index in [1.165, 1.54) is 0 Å². The van der Waals surface area contributed by atoms with Gasteiger partial charge >= 0.3 is 6.03 Å². The fourth-order valence-corrected chi connectivity index (χ4v) is 2.39. The van der Waals surface area contributed by atoms with Crippen LogP contribution in [0.2, 0.25) is 0 Å². The largest absolute Gasteiger partial charge is 0.321 e. The van der Waals surface area contributed by atoms with Gasteiger partial charge in [0.2, 0.25) is 0 Å². The number of nitrogens with zero attached hydrogens (tertiary/aromatic N) is 2. The molecule has 2 amide bonds. The molecular formula is C20H39N3O. The first-order valence-electron chi connectivity index (χ1n) is 9.41. The lowest BCUT2D eigenvalue weighted by Crippen LogP contribution is -2.63. The predicted molar refractivity (Wildman–Crippen MR) is 107 cm³/mol. The van der Waals surface area contributed by atoms with Gasteiger partial charge in [0.25, 0.3) is 0 Å². The van der Waals surface area contributed by atoms with Crippen molar-refractivity contribution in [3.05, 3.63) is 37.1 Å². The average molecular weight is 338 g/mol. The minimum Gasteiger partial charge on any atom is -0.321 e. The summed E-state index contributed by atoms with van der Waals surface area (Å²) in [7, 11) is 0. The number of likely N-dealkylation sites (tertiary alicyclic amines) is 1. The highest BCUT2D eigenvalue weighted by Crippen LogP contribution is 2.16. The summed E-state index contributed by atoms with van der Waals surface area (Å²) in [5, 5.41) is 2.83. The van der Waals surface area contributed by atoms with Crippen LogP contribution in [-0.4, -0.2) is 48.1 Å². The van der Waals surface area contributed by atoms with Crippen molar-refractivity contribution in [2.24, 2.45) is 0 Å². The van der Waals surface area contributed by atoms with E-state index in [4.69, 9.17) is 0 Å². The molecule has 1 saturated heterocycles. The van der Waals surface area contributed by atoms with E-state index >= 15 is 0 Å². The van der Waals surface area contributed by atoms with E-state index in [1.807, 2.05) is 32.6 Å². The quantitative estimate of drug-likeness (QED) is 0.645. The summed E-state index contributed by atoms with van der Waals surface area (Å²) in [5.41, 5.74) is 0.687. The maximum atomic E-state index is 12.0. The molecule has 0 aromatic carbocycles. The maximum absolute atomic E-state index is 12.0. The van der Waals surface area contributed by atoms with Gasteiger partial charge in [-0.15, -0.1) is 0 Å². The van der Waals surface area contributed by atoms with Crippen LogP contribution in [0, 0.1) is 0 Å². The van der Waals surface area contributed by atoms with Gasteiger partial charge in [-0.25, -0.2) is 4.79 Å². The zero-order valence-corrected chi connectivity index (χ0v) is 16.8. The summed E-state index contributed by atoms with van der Waals surface area (Å²) in [6.07, 6.45) is 7.32. The van der Waals surface area contributed by atoms with Crippen LogP contribution in [0.4, 0.5) is 4.79 Å². The molecule has 1 aliphatic heterocycles. The van der Waals surface area contributed by atoms with Gasteiger partial charge in [-0.2, -0.15) is 0 Å². The van der Waals surface area contributed by atoms with Crippen molar-refractivity contribution >= 4 is 6.03 Å². The lowest BCUT2D eigenvalue weighted by Gasteiger charge is -2.45. The van der Waals surface area contributed by atoms with Crippen LogP contribution in [0.5, 0.6) is 0 Å². The van der Waals surface area contributed by atoms with Crippen LogP contribution >= 0.6 is 0 Å². The second-order valence-electron chi connectivity index (χ2n) is 5.09. The second-order valence-corrected chi connectivity index (χ2v) is 5.09. The summed E-state index contributed by atoms with van der Waals surface area (Å²) in [6, 6.07) is 0.457. The summed E-state index contributed by atoms with van der Waals surface area (Å²) in [5.74, 6) is 0. The minimum absolute atomic E-state index is 0.0535. The lowest BCUT2D eigenvalue weighted by atomic mass is 10.1. The smallest absolute Gasteiger partial charge is 0.321 e. The summed E-state index contributed by atoms with van der Waals surface area (Å²) in [4.78, 5) is 16.3. The van der Waals surface area contributed by atoms with Crippen molar-refractivity contribution in [2.75, 3.05) is 26.2 Å². The van der Waals surface area contributed by atoms with Crippen molar-refractivity contribution in [3.8, 4) is 0 Å². The average Bonchev–Trinajstić information content (AvgIpc) is 2.57. The van der Waals surface area contributed by atoms with E-state index in [0.717, 1.165) is 39.0 Å². The van der Waals surface area contributed by atoms with E-state index in [-0.39, 0.29) is 6.03 Å². The third-order valence-electron chi connectivity index (χ3n) is 3.46. The summed E-state index contributed by atoms with van der Waals surface area (Å²) < 4.78 is 0. The van der Waals surface area contributed by atoms with Crippen LogP contribution in [0.1, 0.15) is 54.4 Å². The Morgan fingerprint density at radius 2 is 1.62 bits per heavy atom. The molecule has 0 aromatic rings. The first-order valence-corrected chi connectivity index (χ1v) is 9.41. The van der Waals surface area contributed by atoms with Gasteiger partial charge in [0.1, 0.15) is 0 Å². The number of hydrogen-bond donors (Lipinski definition) is 1. The van der Waals surface area contributed by atoms with Crippen LogP contribution in [-0.2, 0) is 0 Å². The molecule has 0 saturated carbocycles. The monoisotopic (exact) mass is 337 g/mol. The Morgan fingerprint density at radius 1 is 1.12 bits per heavy atom. The number of nitrogens with one attached hydrogen (secondary N) is 1. The SMILES string of the molecule is C=C/C=C(\C=C)NC(=O)N1CC(N(CCC)CCC)C1.CC.CC. The molecule has 1 fully saturated rings. The van der Waals surface area contributed by atoms with Crippen LogP contribution < -0.4 is 5.32 Å². The van der Waals surface area contributed by atoms with E-state index in [2.05, 4.69) is 37.2 Å². The molecule has 1 N–H and O–H groups in total. The number of hydrogen-bond acceptors (Lipinski definition) is 2. The van der Waals surface area contributed by atoms with E-state index in [9.17, 15) is 4.79 Å². The van der Waals surface area contributed by atoms with E-state index in [1.54, 1.807) is 18.2 Å². The Morgan fingerprint density at radius 3 is 2.00 bits per heavy atom. The molecule has 1 aliphatic rings. The first kappa shape index (κ1) is 24.7. The molecule has 0 spiro atoms. The molecule has 4 nitrogen and oxygen atoms in total. The fraction of sp³-hybridized carbons (Fsp3) is 0.650.